The number of benzene rings is 1. The molecule has 2 rings (SSSR count). The highest BCUT2D eigenvalue weighted by atomic mass is 16.2. The van der Waals surface area contributed by atoms with Crippen LogP contribution in [0, 0.1) is 11.3 Å². The minimum Gasteiger partial charge on any atom is -0.368 e. The number of carbonyl (C=O) groups excluding carboxylic acids is 2. The van der Waals surface area contributed by atoms with Gasteiger partial charge in [0.1, 0.15) is 6.04 Å². The second kappa shape index (κ2) is 6.99. The molecule has 0 fully saturated rings. The molecule has 0 aliphatic heterocycles. The van der Waals surface area contributed by atoms with Crippen molar-refractivity contribution in [1.29, 1.82) is 5.26 Å². The van der Waals surface area contributed by atoms with Gasteiger partial charge in [-0.1, -0.05) is 12.1 Å². The first-order valence-electron chi connectivity index (χ1n) is 6.59. The van der Waals surface area contributed by atoms with Crippen molar-refractivity contribution in [2.45, 2.75) is 12.5 Å². The van der Waals surface area contributed by atoms with Crippen LogP contribution < -0.4 is 11.1 Å². The van der Waals surface area contributed by atoms with Crippen LogP contribution in [0.3, 0.4) is 0 Å². The van der Waals surface area contributed by atoms with E-state index in [1.165, 1.54) is 6.20 Å². The van der Waals surface area contributed by atoms with Crippen molar-refractivity contribution in [3.8, 4) is 6.07 Å². The number of aromatic nitrogens is 1. The van der Waals surface area contributed by atoms with Crippen LogP contribution >= 0.6 is 0 Å². The molecule has 1 atom stereocenters. The standard InChI is InChI=1S/C16H14N4O2/c17-9-12-4-1-3-11(7-12)8-14(15(18)21)20-16(22)13-5-2-6-19-10-13/h1-7,10,14H,8H2,(H2,18,21)(H,20,22)/t14-/m0/s1. The lowest BCUT2D eigenvalue weighted by molar-refractivity contribution is -0.119. The highest BCUT2D eigenvalue weighted by molar-refractivity contribution is 5.97. The first-order chi connectivity index (χ1) is 10.6. The van der Waals surface area contributed by atoms with Gasteiger partial charge in [-0.25, -0.2) is 0 Å². The molecule has 110 valence electrons. The van der Waals surface area contributed by atoms with E-state index in [4.69, 9.17) is 11.0 Å². The average Bonchev–Trinajstić information content (AvgIpc) is 2.55. The fourth-order valence-corrected chi connectivity index (χ4v) is 1.96. The zero-order valence-corrected chi connectivity index (χ0v) is 11.7. The van der Waals surface area contributed by atoms with Gasteiger partial charge < -0.3 is 11.1 Å². The highest BCUT2D eigenvalue weighted by Gasteiger charge is 2.19. The fourth-order valence-electron chi connectivity index (χ4n) is 1.96. The molecule has 0 aliphatic rings. The van der Waals surface area contributed by atoms with E-state index in [9.17, 15) is 9.59 Å². The molecule has 1 heterocycles. The number of nitriles is 1. The molecule has 0 saturated heterocycles. The highest BCUT2D eigenvalue weighted by Crippen LogP contribution is 2.08. The van der Waals surface area contributed by atoms with Crippen molar-refractivity contribution in [3.63, 3.8) is 0 Å². The SMILES string of the molecule is N#Cc1cccc(C[C@H](NC(=O)c2cccnc2)C(N)=O)c1. The van der Waals surface area contributed by atoms with Gasteiger partial charge in [0.2, 0.25) is 5.91 Å². The van der Waals surface area contributed by atoms with E-state index < -0.39 is 17.9 Å². The Hall–Kier alpha value is -3.20. The van der Waals surface area contributed by atoms with Gasteiger partial charge in [0.15, 0.2) is 0 Å². The molecule has 6 nitrogen and oxygen atoms in total. The van der Waals surface area contributed by atoms with Crippen LogP contribution in [0.15, 0.2) is 48.8 Å². The van der Waals surface area contributed by atoms with E-state index in [0.717, 1.165) is 5.56 Å². The summed E-state index contributed by atoms with van der Waals surface area (Å²) < 4.78 is 0. The van der Waals surface area contributed by atoms with Crippen molar-refractivity contribution in [1.82, 2.24) is 10.3 Å². The first-order valence-corrected chi connectivity index (χ1v) is 6.59. The van der Waals surface area contributed by atoms with Crippen LogP contribution in [0.2, 0.25) is 0 Å². The molecule has 0 unspecified atom stereocenters. The third-order valence-corrected chi connectivity index (χ3v) is 3.07. The maximum Gasteiger partial charge on any atom is 0.253 e. The van der Waals surface area contributed by atoms with E-state index in [1.54, 1.807) is 42.6 Å². The van der Waals surface area contributed by atoms with Crippen molar-refractivity contribution in [2.75, 3.05) is 0 Å². The summed E-state index contributed by atoms with van der Waals surface area (Å²) in [6, 6.07) is 11.2. The number of primary amides is 1. The third-order valence-electron chi connectivity index (χ3n) is 3.07. The fraction of sp³-hybridized carbons (Fsp3) is 0.125. The van der Waals surface area contributed by atoms with Crippen molar-refractivity contribution in [2.24, 2.45) is 5.73 Å². The van der Waals surface area contributed by atoms with Crippen molar-refractivity contribution in [3.05, 3.63) is 65.5 Å². The molecule has 0 saturated carbocycles. The molecule has 0 aliphatic carbocycles. The van der Waals surface area contributed by atoms with Crippen LogP contribution in [0.1, 0.15) is 21.5 Å². The van der Waals surface area contributed by atoms with Gasteiger partial charge >= 0.3 is 0 Å². The van der Waals surface area contributed by atoms with Gasteiger partial charge in [-0.05, 0) is 29.8 Å². The number of carbonyl (C=O) groups is 2. The first kappa shape index (κ1) is 15.2. The number of hydrogen-bond donors (Lipinski definition) is 2. The van der Waals surface area contributed by atoms with E-state index in [1.807, 2.05) is 6.07 Å². The number of nitrogens with zero attached hydrogens (tertiary/aromatic N) is 2. The summed E-state index contributed by atoms with van der Waals surface area (Å²) in [5.41, 5.74) is 6.92. The van der Waals surface area contributed by atoms with Crippen molar-refractivity contribution >= 4 is 11.8 Å². The van der Waals surface area contributed by atoms with E-state index in [0.29, 0.717) is 11.1 Å². The number of rotatable bonds is 5. The number of hydrogen-bond acceptors (Lipinski definition) is 4. The molecule has 1 aromatic heterocycles. The average molecular weight is 294 g/mol. The van der Waals surface area contributed by atoms with Crippen LogP contribution in [-0.4, -0.2) is 22.8 Å². The lowest BCUT2D eigenvalue weighted by Gasteiger charge is -2.15. The Kier molecular flexibility index (Phi) is 4.83. The molecule has 2 amide bonds. The van der Waals surface area contributed by atoms with Gasteiger partial charge in [0.25, 0.3) is 5.91 Å². The number of nitrogens with two attached hydrogens (primary N) is 1. The van der Waals surface area contributed by atoms with Crippen LogP contribution in [0.5, 0.6) is 0 Å². The van der Waals surface area contributed by atoms with Gasteiger partial charge in [0, 0.05) is 18.8 Å². The molecular weight excluding hydrogens is 280 g/mol. The van der Waals surface area contributed by atoms with Gasteiger partial charge in [-0.2, -0.15) is 5.26 Å². The summed E-state index contributed by atoms with van der Waals surface area (Å²) >= 11 is 0. The predicted molar refractivity (Wildman–Crippen MR) is 79.5 cm³/mol. The minimum atomic E-state index is -0.860. The molecule has 22 heavy (non-hydrogen) atoms. The van der Waals surface area contributed by atoms with Gasteiger partial charge in [-0.3, -0.25) is 14.6 Å². The normalized spacial score (nSPS) is 11.2. The second-order valence-corrected chi connectivity index (χ2v) is 4.69. The second-order valence-electron chi connectivity index (χ2n) is 4.69. The molecule has 1 aromatic carbocycles. The van der Waals surface area contributed by atoms with E-state index in [-0.39, 0.29) is 6.42 Å². The summed E-state index contributed by atoms with van der Waals surface area (Å²) in [7, 11) is 0. The van der Waals surface area contributed by atoms with Crippen molar-refractivity contribution < 1.29 is 9.59 Å². The Bertz CT molecular complexity index is 722. The van der Waals surface area contributed by atoms with E-state index in [2.05, 4.69) is 10.3 Å². The Labute approximate surface area is 127 Å². The summed E-state index contributed by atoms with van der Waals surface area (Å²) in [5, 5.41) is 11.5. The Morgan fingerprint density at radius 2 is 2.14 bits per heavy atom. The van der Waals surface area contributed by atoms with Gasteiger partial charge in [-0.15, -0.1) is 0 Å². The molecule has 0 radical (unpaired) electrons. The summed E-state index contributed by atoms with van der Waals surface area (Å²) in [5.74, 6) is -1.06. The Morgan fingerprint density at radius 3 is 2.77 bits per heavy atom. The number of amides is 2. The largest absolute Gasteiger partial charge is 0.368 e. The van der Waals surface area contributed by atoms with Crippen LogP contribution in [0.4, 0.5) is 0 Å². The summed E-state index contributed by atoms with van der Waals surface area (Å²) in [6.45, 7) is 0. The molecule has 3 N–H and O–H groups in total. The number of pyridine rings is 1. The summed E-state index contributed by atoms with van der Waals surface area (Å²) in [4.78, 5) is 27.5. The topological polar surface area (TPSA) is 109 Å². The molecule has 0 bridgehead atoms. The quantitative estimate of drug-likeness (QED) is 0.849. The zero-order chi connectivity index (χ0) is 15.9. The van der Waals surface area contributed by atoms with Crippen LogP contribution in [-0.2, 0) is 11.2 Å². The molecule has 0 spiro atoms. The van der Waals surface area contributed by atoms with E-state index >= 15 is 0 Å². The zero-order valence-electron chi connectivity index (χ0n) is 11.7. The van der Waals surface area contributed by atoms with Crippen LogP contribution in [0.25, 0.3) is 0 Å². The predicted octanol–water partition coefficient (Wildman–Crippen LogP) is 0.780. The van der Waals surface area contributed by atoms with Gasteiger partial charge in [0.05, 0.1) is 17.2 Å². The summed E-state index contributed by atoms with van der Waals surface area (Å²) in [6.07, 6.45) is 3.18. The molecule has 2 aromatic rings. The minimum absolute atomic E-state index is 0.219. The smallest absolute Gasteiger partial charge is 0.253 e. The molecular formula is C16H14N4O2. The Balaban J connectivity index is 2.12. The molecule has 6 heteroatoms. The third kappa shape index (κ3) is 3.90. The Morgan fingerprint density at radius 1 is 1.32 bits per heavy atom. The maximum absolute atomic E-state index is 12.1. The lowest BCUT2D eigenvalue weighted by atomic mass is 10.0. The lowest BCUT2D eigenvalue weighted by Crippen LogP contribution is -2.45. The maximum atomic E-state index is 12.1. The monoisotopic (exact) mass is 294 g/mol. The number of nitrogens with one attached hydrogen (secondary N) is 1.